The fourth-order valence-corrected chi connectivity index (χ4v) is 4.14. The number of hydrogen-bond donors (Lipinski definition) is 0. The molecular weight excluding hydrogens is 514 g/mol. The van der Waals surface area contributed by atoms with E-state index in [4.69, 9.17) is 9.47 Å². The lowest BCUT2D eigenvalue weighted by Crippen LogP contribution is -2.11. The number of hydrogen-bond acceptors (Lipinski definition) is 4. The highest BCUT2D eigenvalue weighted by molar-refractivity contribution is 6.24. The maximum Gasteiger partial charge on any atom is 0.416 e. The minimum absolute atomic E-state index is 0.0301. The molecule has 0 unspecified atom stereocenters. The lowest BCUT2D eigenvalue weighted by molar-refractivity contribution is -0.138. The maximum atomic E-state index is 13.5. The Hall–Kier alpha value is -4.34. The zero-order chi connectivity index (χ0) is 27.8. The second-order valence-electron chi connectivity index (χ2n) is 8.20. The third kappa shape index (κ3) is 4.93. The smallest absolute Gasteiger partial charge is 0.416 e. The summed E-state index contributed by atoms with van der Waals surface area (Å²) in [6.45, 7) is 0. The molecular formula is C28H18F6O4. The van der Waals surface area contributed by atoms with Crippen LogP contribution in [-0.4, -0.2) is 25.8 Å². The number of ether oxygens (including phenoxy) is 2. The monoisotopic (exact) mass is 532 g/mol. The summed E-state index contributed by atoms with van der Waals surface area (Å²) in [5, 5.41) is 0.283. The van der Waals surface area contributed by atoms with E-state index in [1.165, 1.54) is 50.6 Å². The topological polar surface area (TPSA) is 52.6 Å². The molecule has 0 aliphatic heterocycles. The number of carbonyl (C=O) groups is 2. The largest absolute Gasteiger partial charge is 0.496 e. The molecule has 0 aromatic heterocycles. The number of rotatable bonds is 6. The highest BCUT2D eigenvalue weighted by atomic mass is 19.4. The highest BCUT2D eigenvalue weighted by Gasteiger charge is 2.33. The first-order chi connectivity index (χ1) is 17.9. The molecule has 196 valence electrons. The van der Waals surface area contributed by atoms with E-state index < -0.39 is 35.0 Å². The summed E-state index contributed by atoms with van der Waals surface area (Å²) in [6, 6.07) is 13.3. The first kappa shape index (κ1) is 26.7. The molecule has 0 aliphatic carbocycles. The van der Waals surface area contributed by atoms with E-state index in [0.717, 1.165) is 24.3 Å². The van der Waals surface area contributed by atoms with Crippen molar-refractivity contribution in [3.8, 4) is 11.5 Å². The molecule has 0 radical (unpaired) electrons. The fourth-order valence-electron chi connectivity index (χ4n) is 4.14. The fraction of sp³-hybridized carbons (Fsp3) is 0.143. The average Bonchev–Trinajstić information content (AvgIpc) is 2.90. The Kier molecular flexibility index (Phi) is 6.92. The van der Waals surface area contributed by atoms with E-state index in [0.29, 0.717) is 12.1 Å². The van der Waals surface area contributed by atoms with Crippen molar-refractivity contribution < 1.29 is 45.4 Å². The van der Waals surface area contributed by atoms with Crippen molar-refractivity contribution in [3.05, 3.63) is 106 Å². The molecule has 0 N–H and O–H groups in total. The molecule has 0 saturated carbocycles. The van der Waals surface area contributed by atoms with Gasteiger partial charge in [0.1, 0.15) is 11.5 Å². The summed E-state index contributed by atoms with van der Waals surface area (Å²) >= 11 is 0. The Morgan fingerprint density at radius 3 is 1.26 bits per heavy atom. The van der Waals surface area contributed by atoms with Crippen LogP contribution in [0.5, 0.6) is 11.5 Å². The standard InChI is InChI=1S/C28H18F6O4/c1-37-21-11-9-20-19(23(21)25(35)15-5-3-7-17(13-15)27(29,30)31)10-12-22(38-2)24(20)26(36)16-6-4-8-18(14-16)28(32,33)34/h3-14H,1-2H3. The summed E-state index contributed by atoms with van der Waals surface area (Å²) in [5.74, 6) is -1.55. The predicted molar refractivity (Wildman–Crippen MR) is 127 cm³/mol. The Labute approximate surface area is 212 Å². The van der Waals surface area contributed by atoms with Crippen LogP contribution >= 0.6 is 0 Å². The van der Waals surface area contributed by atoms with Crippen molar-refractivity contribution in [2.45, 2.75) is 12.4 Å². The van der Waals surface area contributed by atoms with Gasteiger partial charge in [0.15, 0.2) is 11.6 Å². The van der Waals surface area contributed by atoms with E-state index in [1.807, 2.05) is 0 Å². The van der Waals surface area contributed by atoms with Crippen LogP contribution in [0.2, 0.25) is 0 Å². The molecule has 0 heterocycles. The van der Waals surface area contributed by atoms with Crippen molar-refractivity contribution in [2.75, 3.05) is 14.2 Å². The number of fused-ring (bicyclic) bond motifs is 1. The molecule has 0 saturated heterocycles. The van der Waals surface area contributed by atoms with Gasteiger partial charge in [0.25, 0.3) is 0 Å². The molecule has 0 amide bonds. The Morgan fingerprint density at radius 1 is 0.579 bits per heavy atom. The molecule has 0 atom stereocenters. The van der Waals surface area contributed by atoms with Crippen molar-refractivity contribution in [1.29, 1.82) is 0 Å². The molecule has 4 aromatic carbocycles. The normalized spacial score (nSPS) is 11.9. The van der Waals surface area contributed by atoms with Crippen molar-refractivity contribution in [2.24, 2.45) is 0 Å². The summed E-state index contributed by atoms with van der Waals surface area (Å²) in [4.78, 5) is 27.0. The lowest BCUT2D eigenvalue weighted by atomic mass is 9.90. The summed E-state index contributed by atoms with van der Waals surface area (Å²) in [5.41, 5.74) is -2.83. The third-order valence-corrected chi connectivity index (χ3v) is 5.92. The molecule has 0 spiro atoms. The Morgan fingerprint density at radius 2 is 0.947 bits per heavy atom. The van der Waals surface area contributed by atoms with E-state index in [-0.39, 0.29) is 44.5 Å². The molecule has 0 bridgehead atoms. The van der Waals surface area contributed by atoms with Crippen LogP contribution in [0.3, 0.4) is 0 Å². The van der Waals surface area contributed by atoms with Gasteiger partial charge in [-0.1, -0.05) is 24.3 Å². The van der Waals surface area contributed by atoms with E-state index in [1.54, 1.807) is 0 Å². The van der Waals surface area contributed by atoms with Crippen LogP contribution < -0.4 is 9.47 Å². The third-order valence-electron chi connectivity index (χ3n) is 5.92. The summed E-state index contributed by atoms with van der Waals surface area (Å²) in [7, 11) is 2.53. The van der Waals surface area contributed by atoms with Gasteiger partial charge in [0, 0.05) is 11.1 Å². The van der Waals surface area contributed by atoms with E-state index >= 15 is 0 Å². The van der Waals surface area contributed by atoms with Gasteiger partial charge in [-0.2, -0.15) is 26.3 Å². The van der Waals surface area contributed by atoms with E-state index in [2.05, 4.69) is 0 Å². The molecule has 4 rings (SSSR count). The number of halogens is 6. The van der Waals surface area contributed by atoms with Crippen LogP contribution in [0.25, 0.3) is 10.8 Å². The summed E-state index contributed by atoms with van der Waals surface area (Å²) in [6.07, 6.45) is -9.37. The molecule has 0 fully saturated rings. The van der Waals surface area contributed by atoms with Crippen molar-refractivity contribution in [3.63, 3.8) is 0 Å². The van der Waals surface area contributed by atoms with E-state index in [9.17, 15) is 35.9 Å². The quantitative estimate of drug-likeness (QED) is 0.192. The van der Waals surface area contributed by atoms with Gasteiger partial charge < -0.3 is 9.47 Å². The van der Waals surface area contributed by atoms with Crippen LogP contribution in [0.1, 0.15) is 43.0 Å². The van der Waals surface area contributed by atoms with Gasteiger partial charge in [-0.05, 0) is 59.3 Å². The number of ketones is 2. The van der Waals surface area contributed by atoms with Gasteiger partial charge in [0.05, 0.1) is 36.5 Å². The minimum Gasteiger partial charge on any atom is -0.496 e. The SMILES string of the molecule is COc1ccc2c(C(=O)c3cccc(C(F)(F)F)c3)c(OC)ccc2c1C(=O)c1cccc(C(F)(F)F)c1. The zero-order valence-electron chi connectivity index (χ0n) is 19.8. The minimum atomic E-state index is -4.68. The van der Waals surface area contributed by atoms with Gasteiger partial charge in [-0.15, -0.1) is 0 Å². The molecule has 4 nitrogen and oxygen atoms in total. The van der Waals surface area contributed by atoms with Crippen LogP contribution in [0.4, 0.5) is 26.3 Å². The second kappa shape index (κ2) is 9.85. The van der Waals surface area contributed by atoms with Gasteiger partial charge in [0.2, 0.25) is 0 Å². The van der Waals surface area contributed by atoms with Crippen molar-refractivity contribution in [1.82, 2.24) is 0 Å². The number of carbonyl (C=O) groups excluding carboxylic acids is 2. The molecule has 10 heteroatoms. The lowest BCUT2D eigenvalue weighted by Gasteiger charge is -2.17. The number of methoxy groups -OCH3 is 2. The zero-order valence-corrected chi connectivity index (χ0v) is 19.8. The van der Waals surface area contributed by atoms with Crippen LogP contribution in [0, 0.1) is 0 Å². The maximum absolute atomic E-state index is 13.5. The first-order valence-corrected chi connectivity index (χ1v) is 11.0. The van der Waals surface area contributed by atoms with Crippen LogP contribution in [0.15, 0.2) is 72.8 Å². The highest BCUT2D eigenvalue weighted by Crippen LogP contribution is 2.38. The Bertz CT molecular complexity index is 1440. The number of alkyl halides is 6. The summed E-state index contributed by atoms with van der Waals surface area (Å²) < 4.78 is 90.2. The molecule has 4 aromatic rings. The van der Waals surface area contributed by atoms with Gasteiger partial charge >= 0.3 is 12.4 Å². The predicted octanol–water partition coefficient (Wildman–Crippen LogP) is 7.36. The van der Waals surface area contributed by atoms with Crippen molar-refractivity contribution >= 4 is 22.3 Å². The van der Waals surface area contributed by atoms with Gasteiger partial charge in [-0.3, -0.25) is 9.59 Å². The molecule has 38 heavy (non-hydrogen) atoms. The first-order valence-electron chi connectivity index (χ1n) is 11.0. The average molecular weight is 532 g/mol. The molecule has 0 aliphatic rings. The Balaban J connectivity index is 1.95. The van der Waals surface area contributed by atoms with Crippen LogP contribution in [-0.2, 0) is 12.4 Å². The number of benzene rings is 4. The second-order valence-corrected chi connectivity index (χ2v) is 8.20. The van der Waals surface area contributed by atoms with Gasteiger partial charge in [-0.25, -0.2) is 0 Å².